The van der Waals surface area contributed by atoms with Gasteiger partial charge >= 0.3 is 71.6 Å². The molecule has 466 valence electrons. The summed E-state index contributed by atoms with van der Waals surface area (Å²) in [6.07, 6.45) is 0. The lowest BCUT2D eigenvalue weighted by Crippen LogP contribution is -2.15. The molecule has 0 atom stereocenters. The number of carbonyl (C=O) groups excluding carboxylic acids is 12. The van der Waals surface area contributed by atoms with Crippen LogP contribution in [0.2, 0.25) is 0 Å². The Morgan fingerprint density at radius 1 is 0.222 bits per heavy atom. The number of fused-ring (bicyclic) bond motifs is 4. The van der Waals surface area contributed by atoms with Gasteiger partial charge in [-0.1, -0.05) is 0 Å². The summed E-state index contributed by atoms with van der Waals surface area (Å²) in [5.74, 6) is -25.0. The molecule has 0 fully saturated rings. The predicted octanol–water partition coefficient (Wildman–Crippen LogP) is 9.84. The first kappa shape index (κ1) is 63.8. The van der Waals surface area contributed by atoms with Crippen molar-refractivity contribution in [3.05, 3.63) is 60.7 Å². The van der Waals surface area contributed by atoms with Crippen LogP contribution in [0.3, 0.4) is 0 Å². The molecule has 2 aliphatic rings. The van der Waals surface area contributed by atoms with Crippen LogP contribution < -0.4 is 85.3 Å². The molecule has 0 bridgehead atoms. The van der Waals surface area contributed by atoms with E-state index in [1.165, 1.54) is 0 Å². The second-order valence-corrected chi connectivity index (χ2v) is 18.5. The second-order valence-electron chi connectivity index (χ2n) is 18.5. The van der Waals surface area contributed by atoms with Gasteiger partial charge in [-0.3, -0.25) is 57.5 Å². The minimum atomic E-state index is -1.18. The first-order valence-corrected chi connectivity index (χ1v) is 25.8. The largest absolute Gasteiger partial charge is 0.449 e. The molecular formula is C60H46O30. The standard InChI is InChI=1S/C60H46O30/c1-23(61)73-35-13-36(74-24(2)62)16-39(15-35)85-53-43(79-29(7)67)21-45(81-31(9)69)55-59(53)89-51-47(87-55)19-41(77-27(5)65)49(57(51)83-33(11)71)50-42(78-28(6)66)20-48-52(58(50)84-34(12)72)90-60-54(44(80-30(8)68)22-46(56(60)88-48)82-32(10)70)86-40-17-37(75-25(3)63)14-38(18-40)76-26(4)64/h13-22H,1-12H3. The quantitative estimate of drug-likeness (QED) is 0.0604. The van der Waals surface area contributed by atoms with E-state index in [1.807, 2.05) is 0 Å². The maximum absolute atomic E-state index is 13.6. The van der Waals surface area contributed by atoms with Crippen LogP contribution in [-0.2, 0) is 57.5 Å². The summed E-state index contributed by atoms with van der Waals surface area (Å²) in [6.45, 7) is 11.9. The summed E-state index contributed by atoms with van der Waals surface area (Å²) in [7, 11) is 0. The molecule has 0 unspecified atom stereocenters. The molecule has 0 N–H and O–H groups in total. The fourth-order valence-electron chi connectivity index (χ4n) is 8.38. The molecule has 0 amide bonds. The van der Waals surface area contributed by atoms with Gasteiger partial charge in [0.1, 0.15) is 46.0 Å². The normalized spacial score (nSPS) is 11.1. The Kier molecular flexibility index (Phi) is 18.5. The van der Waals surface area contributed by atoms with E-state index in [1.54, 1.807) is 0 Å². The third-order valence-electron chi connectivity index (χ3n) is 10.9. The van der Waals surface area contributed by atoms with E-state index >= 15 is 0 Å². The third kappa shape index (κ3) is 15.0. The Labute approximate surface area is 505 Å². The minimum Gasteiger partial charge on any atom is -0.449 e. The van der Waals surface area contributed by atoms with Gasteiger partial charge in [0.15, 0.2) is 46.0 Å². The van der Waals surface area contributed by atoms with Gasteiger partial charge in [0.25, 0.3) is 0 Å². The Balaban J connectivity index is 1.46. The first-order chi connectivity index (χ1) is 42.4. The van der Waals surface area contributed by atoms with Crippen LogP contribution in [0, 0.1) is 0 Å². The van der Waals surface area contributed by atoms with Crippen LogP contribution in [0.15, 0.2) is 60.7 Å². The average molecular weight is 1250 g/mol. The molecule has 90 heavy (non-hydrogen) atoms. The Morgan fingerprint density at radius 3 is 0.733 bits per heavy atom. The van der Waals surface area contributed by atoms with Crippen molar-refractivity contribution in [1.29, 1.82) is 0 Å². The van der Waals surface area contributed by atoms with E-state index in [-0.39, 0.29) is 34.5 Å². The van der Waals surface area contributed by atoms with Crippen LogP contribution in [0.1, 0.15) is 83.1 Å². The van der Waals surface area contributed by atoms with Crippen molar-refractivity contribution in [2.45, 2.75) is 83.1 Å². The molecule has 30 heteroatoms. The number of carbonyl (C=O) groups is 12. The maximum atomic E-state index is 13.6. The smallest absolute Gasteiger partial charge is 0.308 e. The van der Waals surface area contributed by atoms with Crippen molar-refractivity contribution >= 4 is 71.6 Å². The summed E-state index contributed by atoms with van der Waals surface area (Å²) in [5.41, 5.74) is -1.39. The lowest BCUT2D eigenvalue weighted by Gasteiger charge is -2.30. The van der Waals surface area contributed by atoms with Crippen molar-refractivity contribution in [3.8, 4) is 149 Å². The molecule has 0 radical (unpaired) electrons. The van der Waals surface area contributed by atoms with Crippen LogP contribution in [0.25, 0.3) is 11.1 Å². The number of ether oxygens (including phenoxy) is 18. The number of esters is 12. The van der Waals surface area contributed by atoms with E-state index in [4.69, 9.17) is 85.3 Å². The summed E-state index contributed by atoms with van der Waals surface area (Å²) in [5, 5.41) is 0. The predicted molar refractivity (Wildman–Crippen MR) is 294 cm³/mol. The lowest BCUT2D eigenvalue weighted by atomic mass is 9.98. The highest BCUT2D eigenvalue weighted by atomic mass is 16.6. The number of rotatable bonds is 17. The van der Waals surface area contributed by atoms with Crippen molar-refractivity contribution < 1.29 is 143 Å². The molecule has 6 aromatic carbocycles. The summed E-state index contributed by atoms with van der Waals surface area (Å²) in [4.78, 5) is 154. The van der Waals surface area contributed by atoms with Crippen LogP contribution >= 0.6 is 0 Å². The molecule has 2 aliphatic heterocycles. The van der Waals surface area contributed by atoms with Crippen molar-refractivity contribution in [3.63, 3.8) is 0 Å². The average Bonchev–Trinajstić information content (AvgIpc) is 0.745. The first-order valence-electron chi connectivity index (χ1n) is 25.8. The highest BCUT2D eigenvalue weighted by molar-refractivity contribution is 5.98. The zero-order chi connectivity index (χ0) is 65.7. The third-order valence-corrected chi connectivity index (χ3v) is 10.9. The molecule has 30 nitrogen and oxygen atoms in total. The molecule has 2 heterocycles. The molecule has 0 saturated carbocycles. The van der Waals surface area contributed by atoms with Gasteiger partial charge in [0.05, 0.1) is 11.1 Å². The van der Waals surface area contributed by atoms with E-state index in [2.05, 4.69) is 0 Å². The zero-order valence-corrected chi connectivity index (χ0v) is 49.0. The molecule has 6 aromatic rings. The van der Waals surface area contributed by atoms with E-state index in [0.717, 1.165) is 144 Å². The summed E-state index contributed by atoms with van der Waals surface area (Å²) in [6, 6.07) is 10.7. The SMILES string of the molecule is CC(=O)Oc1cc(OC(C)=O)cc(Oc2c(OC(C)=O)cc(OC(C)=O)c3c2Oc2c(cc(OC(C)=O)c(-c4c(OC(C)=O)cc5c(c4OC(C)=O)Oc4c(Oc6cc(OC(C)=O)cc(OC(C)=O)c6)c(OC(C)=O)cc(OC(C)=O)c4O5)c2OC(C)=O)O3)c1. The van der Waals surface area contributed by atoms with E-state index < -0.39 is 186 Å². The monoisotopic (exact) mass is 1250 g/mol. The van der Waals surface area contributed by atoms with Crippen molar-refractivity contribution in [2.75, 3.05) is 0 Å². The van der Waals surface area contributed by atoms with Gasteiger partial charge < -0.3 is 85.3 Å². The minimum absolute atomic E-state index is 0.243. The number of hydrogen-bond donors (Lipinski definition) is 0. The lowest BCUT2D eigenvalue weighted by molar-refractivity contribution is -0.133. The van der Waals surface area contributed by atoms with Gasteiger partial charge in [0.2, 0.25) is 46.0 Å². The molecule has 8 rings (SSSR count). The maximum Gasteiger partial charge on any atom is 0.308 e. The summed E-state index contributed by atoms with van der Waals surface area (Å²) < 4.78 is 105. The molecular weight excluding hydrogens is 1200 g/mol. The van der Waals surface area contributed by atoms with E-state index in [9.17, 15) is 57.5 Å². The molecule has 0 saturated heterocycles. The van der Waals surface area contributed by atoms with Crippen LogP contribution in [-0.4, -0.2) is 71.6 Å². The van der Waals surface area contributed by atoms with Crippen molar-refractivity contribution in [2.24, 2.45) is 0 Å². The van der Waals surface area contributed by atoms with Gasteiger partial charge in [-0.15, -0.1) is 0 Å². The van der Waals surface area contributed by atoms with Crippen LogP contribution in [0.4, 0.5) is 0 Å². The fourth-order valence-corrected chi connectivity index (χ4v) is 8.38. The van der Waals surface area contributed by atoms with Gasteiger partial charge in [-0.2, -0.15) is 0 Å². The highest BCUT2D eigenvalue weighted by Gasteiger charge is 2.42. The van der Waals surface area contributed by atoms with E-state index in [0.29, 0.717) is 0 Å². The molecule has 0 aromatic heterocycles. The second kappa shape index (κ2) is 26.2. The van der Waals surface area contributed by atoms with Gasteiger partial charge in [0, 0.05) is 144 Å². The zero-order valence-electron chi connectivity index (χ0n) is 49.0. The molecule has 0 aliphatic carbocycles. The Bertz CT molecular complexity index is 3800. The summed E-state index contributed by atoms with van der Waals surface area (Å²) >= 11 is 0. The molecule has 0 spiro atoms. The fraction of sp³-hybridized carbons (Fsp3) is 0.200. The number of hydrogen-bond acceptors (Lipinski definition) is 30. The highest BCUT2D eigenvalue weighted by Crippen LogP contribution is 2.67. The van der Waals surface area contributed by atoms with Crippen molar-refractivity contribution in [1.82, 2.24) is 0 Å². The van der Waals surface area contributed by atoms with Gasteiger partial charge in [-0.05, 0) is 0 Å². The Morgan fingerprint density at radius 2 is 0.467 bits per heavy atom. The topological polar surface area (TPSA) is 371 Å². The number of benzene rings is 6. The van der Waals surface area contributed by atoms with Crippen LogP contribution in [0.5, 0.6) is 138 Å². The van der Waals surface area contributed by atoms with Gasteiger partial charge in [-0.25, -0.2) is 0 Å². The Hall–Kier alpha value is -12.2.